The molecule has 1 aromatic carbocycles. The van der Waals surface area contributed by atoms with E-state index in [1.54, 1.807) is 7.11 Å². The topological polar surface area (TPSA) is 59.6 Å². The third kappa shape index (κ3) is 5.48. The molecule has 0 heterocycles. The molecule has 0 saturated heterocycles. The first-order valence-corrected chi connectivity index (χ1v) is 6.92. The van der Waals surface area contributed by atoms with E-state index in [0.717, 1.165) is 24.2 Å². The molecule has 0 aliphatic rings. The highest BCUT2D eigenvalue weighted by molar-refractivity contribution is 5.77. The van der Waals surface area contributed by atoms with Crippen LogP contribution in [0.4, 0.5) is 0 Å². The van der Waals surface area contributed by atoms with Crippen LogP contribution in [0.15, 0.2) is 18.2 Å². The summed E-state index contributed by atoms with van der Waals surface area (Å²) >= 11 is 0. The first-order valence-electron chi connectivity index (χ1n) is 6.92. The van der Waals surface area contributed by atoms with Gasteiger partial charge in [0.15, 0.2) is 6.61 Å². The van der Waals surface area contributed by atoms with Gasteiger partial charge in [0.1, 0.15) is 11.5 Å². The largest absolute Gasteiger partial charge is 0.497 e. The highest BCUT2D eigenvalue weighted by Crippen LogP contribution is 2.24. The van der Waals surface area contributed by atoms with Gasteiger partial charge >= 0.3 is 0 Å². The van der Waals surface area contributed by atoms with Crippen LogP contribution in [0.5, 0.6) is 11.5 Å². The second-order valence-electron chi connectivity index (χ2n) is 4.50. The zero-order chi connectivity index (χ0) is 14.8. The maximum atomic E-state index is 11.6. The van der Waals surface area contributed by atoms with Gasteiger partial charge in [0, 0.05) is 18.7 Å². The van der Waals surface area contributed by atoms with Gasteiger partial charge in [0.2, 0.25) is 0 Å². The molecule has 0 radical (unpaired) electrons. The Hall–Kier alpha value is -1.75. The van der Waals surface area contributed by atoms with Gasteiger partial charge in [-0.05, 0) is 31.7 Å². The number of hydrogen-bond acceptors (Lipinski definition) is 4. The molecule has 1 rings (SSSR count). The van der Waals surface area contributed by atoms with E-state index in [0.29, 0.717) is 18.8 Å². The van der Waals surface area contributed by atoms with E-state index in [1.807, 2.05) is 25.2 Å². The van der Waals surface area contributed by atoms with Crippen LogP contribution < -0.4 is 20.1 Å². The molecule has 0 unspecified atom stereocenters. The van der Waals surface area contributed by atoms with Crippen molar-refractivity contribution in [3.63, 3.8) is 0 Å². The summed E-state index contributed by atoms with van der Waals surface area (Å²) in [5.74, 6) is 1.38. The van der Waals surface area contributed by atoms with Crippen molar-refractivity contribution in [2.75, 3.05) is 27.3 Å². The van der Waals surface area contributed by atoms with Crippen molar-refractivity contribution in [1.82, 2.24) is 10.6 Å². The van der Waals surface area contributed by atoms with Gasteiger partial charge in [0.05, 0.1) is 7.11 Å². The summed E-state index contributed by atoms with van der Waals surface area (Å²) in [5.41, 5.74) is 0.966. The number of ether oxygens (including phenoxy) is 2. The fourth-order valence-corrected chi connectivity index (χ4v) is 1.75. The number of hydrogen-bond donors (Lipinski definition) is 2. The van der Waals surface area contributed by atoms with Crippen molar-refractivity contribution >= 4 is 5.91 Å². The Bertz CT molecular complexity index is 422. The molecule has 0 fully saturated rings. The van der Waals surface area contributed by atoms with E-state index < -0.39 is 0 Å². The molecule has 5 nitrogen and oxygen atoms in total. The fourth-order valence-electron chi connectivity index (χ4n) is 1.75. The predicted molar refractivity (Wildman–Crippen MR) is 79.2 cm³/mol. The minimum absolute atomic E-state index is 0.0345. The molecule has 20 heavy (non-hydrogen) atoms. The molecule has 5 heteroatoms. The Balaban J connectivity index is 2.55. The lowest BCUT2D eigenvalue weighted by molar-refractivity contribution is -0.123. The summed E-state index contributed by atoms with van der Waals surface area (Å²) in [6.07, 6.45) is 2.05. The zero-order valence-corrected chi connectivity index (χ0v) is 12.5. The van der Waals surface area contributed by atoms with Crippen LogP contribution in [0.2, 0.25) is 0 Å². The third-order valence-electron chi connectivity index (χ3n) is 2.85. The molecule has 0 aliphatic carbocycles. The molecule has 1 aromatic rings. The van der Waals surface area contributed by atoms with Crippen molar-refractivity contribution in [1.29, 1.82) is 0 Å². The average molecular weight is 280 g/mol. The Labute approximate surface area is 120 Å². The molecule has 0 aliphatic heterocycles. The quantitative estimate of drug-likeness (QED) is 0.676. The Morgan fingerprint density at radius 1 is 1.35 bits per heavy atom. The first-order chi connectivity index (χ1) is 9.71. The van der Waals surface area contributed by atoms with E-state index in [1.165, 1.54) is 0 Å². The first kappa shape index (κ1) is 16.3. The van der Waals surface area contributed by atoms with E-state index in [9.17, 15) is 4.79 Å². The molecule has 0 aromatic heterocycles. The lowest BCUT2D eigenvalue weighted by atomic mass is 10.2. The zero-order valence-electron chi connectivity index (χ0n) is 12.5. The van der Waals surface area contributed by atoms with Gasteiger partial charge < -0.3 is 20.1 Å². The van der Waals surface area contributed by atoms with Gasteiger partial charge in [-0.15, -0.1) is 0 Å². The molecule has 0 spiro atoms. The lowest BCUT2D eigenvalue weighted by Gasteiger charge is -2.12. The summed E-state index contributed by atoms with van der Waals surface area (Å²) in [7, 11) is 3.49. The molecule has 0 atom stereocenters. The summed E-state index contributed by atoms with van der Waals surface area (Å²) in [6.45, 7) is 3.48. The maximum Gasteiger partial charge on any atom is 0.257 e. The van der Waals surface area contributed by atoms with Gasteiger partial charge in [-0.2, -0.15) is 0 Å². The molecule has 2 N–H and O–H groups in total. The van der Waals surface area contributed by atoms with Gasteiger partial charge in [0.25, 0.3) is 5.91 Å². The average Bonchev–Trinajstić information content (AvgIpc) is 2.46. The number of unbranched alkanes of at least 4 members (excludes halogenated alkanes) is 1. The second-order valence-corrected chi connectivity index (χ2v) is 4.50. The van der Waals surface area contributed by atoms with Crippen molar-refractivity contribution in [3.8, 4) is 11.5 Å². The van der Waals surface area contributed by atoms with Crippen LogP contribution in [-0.2, 0) is 11.3 Å². The van der Waals surface area contributed by atoms with Crippen molar-refractivity contribution in [3.05, 3.63) is 23.8 Å². The van der Waals surface area contributed by atoms with Gasteiger partial charge in [-0.3, -0.25) is 4.79 Å². The van der Waals surface area contributed by atoms with E-state index >= 15 is 0 Å². The van der Waals surface area contributed by atoms with Gasteiger partial charge in [-0.25, -0.2) is 0 Å². The van der Waals surface area contributed by atoms with Crippen LogP contribution in [0.1, 0.15) is 25.3 Å². The van der Waals surface area contributed by atoms with E-state index in [4.69, 9.17) is 9.47 Å². The number of benzene rings is 1. The molecule has 0 saturated carbocycles. The molecule has 1 amide bonds. The number of methoxy groups -OCH3 is 1. The fraction of sp³-hybridized carbons (Fsp3) is 0.533. The SMILES string of the molecule is CCCCNC(=O)COc1ccc(OC)cc1CNC. The lowest BCUT2D eigenvalue weighted by Crippen LogP contribution is -2.29. The van der Waals surface area contributed by atoms with Crippen molar-refractivity contribution in [2.45, 2.75) is 26.3 Å². The predicted octanol–water partition coefficient (Wildman–Crippen LogP) is 1.71. The molecular formula is C15H24N2O3. The maximum absolute atomic E-state index is 11.6. The van der Waals surface area contributed by atoms with Crippen LogP contribution in [-0.4, -0.2) is 33.2 Å². The van der Waals surface area contributed by atoms with Crippen molar-refractivity contribution in [2.24, 2.45) is 0 Å². The number of carbonyl (C=O) groups is 1. The number of carbonyl (C=O) groups excluding carboxylic acids is 1. The minimum Gasteiger partial charge on any atom is -0.497 e. The van der Waals surface area contributed by atoms with Crippen molar-refractivity contribution < 1.29 is 14.3 Å². The Kier molecular flexibility index (Phi) is 7.50. The summed E-state index contributed by atoms with van der Waals surface area (Å²) < 4.78 is 10.8. The third-order valence-corrected chi connectivity index (χ3v) is 2.85. The summed E-state index contributed by atoms with van der Waals surface area (Å²) in [5, 5.41) is 5.89. The van der Waals surface area contributed by atoms with Crippen LogP contribution >= 0.6 is 0 Å². The Morgan fingerprint density at radius 2 is 2.15 bits per heavy atom. The van der Waals surface area contributed by atoms with Crippen LogP contribution in [0, 0.1) is 0 Å². The smallest absolute Gasteiger partial charge is 0.257 e. The van der Waals surface area contributed by atoms with E-state index in [2.05, 4.69) is 17.6 Å². The summed E-state index contributed by atoms with van der Waals surface area (Å²) in [6, 6.07) is 5.55. The Morgan fingerprint density at radius 3 is 2.80 bits per heavy atom. The normalized spacial score (nSPS) is 10.2. The van der Waals surface area contributed by atoms with Gasteiger partial charge in [-0.1, -0.05) is 13.3 Å². The number of amides is 1. The standard InChI is InChI=1S/C15H24N2O3/c1-4-5-8-17-15(18)11-20-14-7-6-13(19-3)9-12(14)10-16-2/h6-7,9,16H,4-5,8,10-11H2,1-3H3,(H,17,18). The molecule has 0 bridgehead atoms. The second kappa shape index (κ2) is 9.20. The highest BCUT2D eigenvalue weighted by Gasteiger charge is 2.07. The minimum atomic E-state index is -0.0929. The monoisotopic (exact) mass is 280 g/mol. The molecule has 112 valence electrons. The molecular weight excluding hydrogens is 256 g/mol. The number of rotatable bonds is 9. The number of nitrogens with one attached hydrogen (secondary N) is 2. The summed E-state index contributed by atoms with van der Waals surface area (Å²) in [4.78, 5) is 11.6. The highest BCUT2D eigenvalue weighted by atomic mass is 16.5. The van der Waals surface area contributed by atoms with Crippen LogP contribution in [0.25, 0.3) is 0 Å². The van der Waals surface area contributed by atoms with Crippen LogP contribution in [0.3, 0.4) is 0 Å². The van der Waals surface area contributed by atoms with E-state index in [-0.39, 0.29) is 12.5 Å².